The molecule has 0 atom stereocenters. The quantitative estimate of drug-likeness (QED) is 0.812. The zero-order chi connectivity index (χ0) is 18.6. The van der Waals surface area contributed by atoms with Crippen LogP contribution >= 0.6 is 0 Å². The van der Waals surface area contributed by atoms with E-state index >= 15 is 0 Å². The first-order valence-electron chi connectivity index (χ1n) is 9.90. The fourth-order valence-electron chi connectivity index (χ4n) is 4.07. The maximum absolute atomic E-state index is 12.7. The fraction of sp³-hybridized carbons (Fsp3) is 0.500. The Labute approximate surface area is 160 Å². The van der Waals surface area contributed by atoms with Gasteiger partial charge in [-0.05, 0) is 48.4 Å². The van der Waals surface area contributed by atoms with Gasteiger partial charge in [-0.1, -0.05) is 24.3 Å². The molecule has 1 saturated heterocycles. The Morgan fingerprint density at radius 1 is 1.15 bits per heavy atom. The van der Waals surface area contributed by atoms with Crippen molar-refractivity contribution in [3.05, 3.63) is 59.0 Å². The summed E-state index contributed by atoms with van der Waals surface area (Å²) in [5, 5.41) is 0. The molecule has 0 saturated carbocycles. The van der Waals surface area contributed by atoms with Gasteiger partial charge in [0, 0.05) is 39.9 Å². The molecule has 0 radical (unpaired) electrons. The molecule has 2 aliphatic heterocycles. The monoisotopic (exact) mass is 368 g/mol. The number of carbonyl (C=O) groups excluding carboxylic acids is 1. The molecule has 4 rings (SSSR count). The molecule has 2 aromatic rings. The number of furan rings is 1. The van der Waals surface area contributed by atoms with Gasteiger partial charge in [-0.15, -0.1) is 0 Å². The topological polar surface area (TPSA) is 45.9 Å². The second-order valence-corrected chi connectivity index (χ2v) is 7.74. The standard InChI is InChI=1S/C22H28N2O3/c1-23(14-17-9-12-26-13-10-17)22(25)21-7-6-20(27-21)16-24-11-8-18-4-2-3-5-19(18)15-24/h2-7,17H,8-16H2,1H3. The molecule has 1 amide bonds. The minimum absolute atomic E-state index is 0.0308. The van der Waals surface area contributed by atoms with Gasteiger partial charge in [-0.2, -0.15) is 0 Å². The third-order valence-electron chi connectivity index (χ3n) is 5.68. The van der Waals surface area contributed by atoms with Gasteiger partial charge in [0.2, 0.25) is 0 Å². The summed E-state index contributed by atoms with van der Waals surface area (Å²) in [7, 11) is 1.86. The zero-order valence-electron chi connectivity index (χ0n) is 16.0. The molecule has 5 nitrogen and oxygen atoms in total. The number of benzene rings is 1. The van der Waals surface area contributed by atoms with E-state index < -0.39 is 0 Å². The van der Waals surface area contributed by atoms with Crippen molar-refractivity contribution < 1.29 is 13.9 Å². The summed E-state index contributed by atoms with van der Waals surface area (Å²) in [6.07, 6.45) is 3.12. The van der Waals surface area contributed by atoms with Crippen LogP contribution in [0.25, 0.3) is 0 Å². The van der Waals surface area contributed by atoms with Gasteiger partial charge in [0.05, 0.1) is 6.54 Å². The molecule has 0 aliphatic carbocycles. The van der Waals surface area contributed by atoms with Gasteiger partial charge in [-0.25, -0.2) is 0 Å². The van der Waals surface area contributed by atoms with Crippen LogP contribution in [0.3, 0.4) is 0 Å². The Morgan fingerprint density at radius 3 is 2.74 bits per heavy atom. The molecule has 0 unspecified atom stereocenters. The number of amides is 1. The SMILES string of the molecule is CN(CC1CCOCC1)C(=O)c1ccc(CN2CCc3ccccc3C2)o1. The number of carbonyl (C=O) groups is 1. The highest BCUT2D eigenvalue weighted by Gasteiger charge is 2.22. The molecule has 1 aromatic heterocycles. The van der Waals surface area contributed by atoms with Crippen molar-refractivity contribution >= 4 is 5.91 Å². The van der Waals surface area contributed by atoms with E-state index in [4.69, 9.17) is 9.15 Å². The highest BCUT2D eigenvalue weighted by molar-refractivity contribution is 5.91. The van der Waals surface area contributed by atoms with Gasteiger partial charge in [-0.3, -0.25) is 9.69 Å². The summed E-state index contributed by atoms with van der Waals surface area (Å²) in [5.74, 6) is 1.79. The molecule has 27 heavy (non-hydrogen) atoms. The minimum Gasteiger partial charge on any atom is -0.455 e. The van der Waals surface area contributed by atoms with Gasteiger partial charge in [0.1, 0.15) is 5.76 Å². The maximum Gasteiger partial charge on any atom is 0.289 e. The molecule has 1 fully saturated rings. The lowest BCUT2D eigenvalue weighted by atomic mass is 10.00. The number of ether oxygens (including phenoxy) is 1. The Morgan fingerprint density at radius 2 is 1.93 bits per heavy atom. The molecule has 0 N–H and O–H groups in total. The first-order chi connectivity index (χ1) is 13.2. The van der Waals surface area contributed by atoms with E-state index in [0.717, 1.165) is 64.4 Å². The van der Waals surface area contributed by atoms with Crippen molar-refractivity contribution in [1.29, 1.82) is 0 Å². The second kappa shape index (κ2) is 8.28. The molecule has 2 aliphatic rings. The zero-order valence-corrected chi connectivity index (χ0v) is 16.0. The predicted molar refractivity (Wildman–Crippen MR) is 103 cm³/mol. The van der Waals surface area contributed by atoms with E-state index in [-0.39, 0.29) is 5.91 Å². The van der Waals surface area contributed by atoms with Crippen LogP contribution in [0.1, 0.15) is 40.3 Å². The molecule has 0 spiro atoms. The lowest BCUT2D eigenvalue weighted by Gasteiger charge is -2.28. The average Bonchev–Trinajstić information content (AvgIpc) is 3.16. The summed E-state index contributed by atoms with van der Waals surface area (Å²) >= 11 is 0. The fourth-order valence-corrected chi connectivity index (χ4v) is 4.07. The number of hydrogen-bond donors (Lipinski definition) is 0. The van der Waals surface area contributed by atoms with E-state index in [1.165, 1.54) is 11.1 Å². The first-order valence-corrected chi connectivity index (χ1v) is 9.90. The molecule has 0 bridgehead atoms. The number of nitrogens with zero attached hydrogens (tertiary/aromatic N) is 2. The van der Waals surface area contributed by atoms with Crippen molar-refractivity contribution in [2.24, 2.45) is 5.92 Å². The predicted octanol–water partition coefficient (Wildman–Crippen LogP) is 3.34. The van der Waals surface area contributed by atoms with E-state index in [0.29, 0.717) is 11.7 Å². The van der Waals surface area contributed by atoms with E-state index in [1.807, 2.05) is 19.2 Å². The van der Waals surface area contributed by atoms with E-state index in [2.05, 4.69) is 29.2 Å². The van der Waals surface area contributed by atoms with Crippen LogP contribution < -0.4 is 0 Å². The highest BCUT2D eigenvalue weighted by atomic mass is 16.5. The summed E-state index contributed by atoms with van der Waals surface area (Å²) < 4.78 is 11.3. The number of rotatable bonds is 5. The first kappa shape index (κ1) is 18.3. The average molecular weight is 368 g/mol. The van der Waals surface area contributed by atoms with Crippen LogP contribution in [0.5, 0.6) is 0 Å². The molecular formula is C22H28N2O3. The van der Waals surface area contributed by atoms with Gasteiger partial charge < -0.3 is 14.1 Å². The van der Waals surface area contributed by atoms with Crippen LogP contribution in [-0.4, -0.2) is 49.1 Å². The normalized spacial score (nSPS) is 18.3. The molecular weight excluding hydrogens is 340 g/mol. The van der Waals surface area contributed by atoms with Crippen LogP contribution in [0.15, 0.2) is 40.8 Å². The largest absolute Gasteiger partial charge is 0.455 e. The summed E-state index contributed by atoms with van der Waals surface area (Å²) in [6.45, 7) is 5.06. The van der Waals surface area contributed by atoms with Crippen molar-refractivity contribution in [2.45, 2.75) is 32.4 Å². The molecule has 144 valence electrons. The van der Waals surface area contributed by atoms with Crippen LogP contribution in [0, 0.1) is 5.92 Å². The van der Waals surface area contributed by atoms with Crippen LogP contribution in [0.2, 0.25) is 0 Å². The summed E-state index contributed by atoms with van der Waals surface area (Å²) in [5.41, 5.74) is 2.83. The third-order valence-corrected chi connectivity index (χ3v) is 5.68. The van der Waals surface area contributed by atoms with Crippen molar-refractivity contribution in [1.82, 2.24) is 9.80 Å². The van der Waals surface area contributed by atoms with Crippen LogP contribution in [-0.2, 0) is 24.2 Å². The molecule has 3 heterocycles. The Bertz CT molecular complexity index is 779. The Balaban J connectivity index is 1.33. The molecule has 5 heteroatoms. The molecule has 1 aromatic carbocycles. The lowest BCUT2D eigenvalue weighted by Crippen LogP contribution is -2.34. The van der Waals surface area contributed by atoms with Crippen molar-refractivity contribution in [2.75, 3.05) is 33.4 Å². The third kappa shape index (κ3) is 4.42. The highest BCUT2D eigenvalue weighted by Crippen LogP contribution is 2.22. The van der Waals surface area contributed by atoms with Crippen molar-refractivity contribution in [3.63, 3.8) is 0 Å². The van der Waals surface area contributed by atoms with E-state index in [1.54, 1.807) is 4.90 Å². The number of fused-ring (bicyclic) bond motifs is 1. The van der Waals surface area contributed by atoms with Gasteiger partial charge in [0.15, 0.2) is 5.76 Å². The second-order valence-electron chi connectivity index (χ2n) is 7.74. The van der Waals surface area contributed by atoms with Crippen molar-refractivity contribution in [3.8, 4) is 0 Å². The summed E-state index contributed by atoms with van der Waals surface area (Å²) in [4.78, 5) is 16.8. The smallest absolute Gasteiger partial charge is 0.289 e. The number of hydrogen-bond acceptors (Lipinski definition) is 4. The van der Waals surface area contributed by atoms with E-state index in [9.17, 15) is 4.79 Å². The lowest BCUT2D eigenvalue weighted by molar-refractivity contribution is 0.0484. The van der Waals surface area contributed by atoms with Crippen LogP contribution in [0.4, 0.5) is 0 Å². The van der Waals surface area contributed by atoms with Gasteiger partial charge in [0.25, 0.3) is 5.91 Å². The van der Waals surface area contributed by atoms with Gasteiger partial charge >= 0.3 is 0 Å². The Hall–Kier alpha value is -2.11. The maximum atomic E-state index is 12.7. The minimum atomic E-state index is -0.0308. The summed E-state index contributed by atoms with van der Waals surface area (Å²) in [6, 6.07) is 12.4. The Kier molecular flexibility index (Phi) is 5.60.